The van der Waals surface area contributed by atoms with E-state index in [1.807, 2.05) is 13.8 Å². The Hall–Kier alpha value is -2.61. The van der Waals surface area contributed by atoms with Crippen LogP contribution in [-0.2, 0) is 19.1 Å². The maximum Gasteiger partial charge on any atom is 0.326 e. The van der Waals surface area contributed by atoms with Gasteiger partial charge in [-0.25, -0.2) is 4.79 Å². The maximum atomic E-state index is 12.6. The molecule has 8 nitrogen and oxygen atoms in total. The molecule has 9 heteroatoms. The molecule has 0 bridgehead atoms. The van der Waals surface area contributed by atoms with E-state index in [2.05, 4.69) is 10.6 Å². The van der Waals surface area contributed by atoms with E-state index >= 15 is 0 Å². The molecule has 0 unspecified atom stereocenters. The summed E-state index contributed by atoms with van der Waals surface area (Å²) in [6, 6.07) is 4.41. The Bertz CT molecular complexity index is 826. The molecule has 1 aromatic carbocycles. The molecular formula is C20H26ClN3O5. The Labute approximate surface area is 174 Å². The number of benzene rings is 1. The van der Waals surface area contributed by atoms with Gasteiger partial charge in [0.2, 0.25) is 0 Å². The maximum absolute atomic E-state index is 12.6. The standard InChI is InChI=1S/C20H26ClN3O5/c1-12(2)8-9-20(4)18(27)24(19(28)23-20)10-17(26)29-11-16(25)22-15-7-5-6-14(21)13(15)3/h5-7,12H,8-11H2,1-4H3,(H,22,25)(H,23,28)/t20-/m1/s1. The summed E-state index contributed by atoms with van der Waals surface area (Å²) < 4.78 is 4.91. The van der Waals surface area contributed by atoms with E-state index in [9.17, 15) is 19.2 Å². The van der Waals surface area contributed by atoms with E-state index in [-0.39, 0.29) is 0 Å². The van der Waals surface area contributed by atoms with Crippen LogP contribution in [0, 0.1) is 12.8 Å². The number of halogens is 1. The van der Waals surface area contributed by atoms with E-state index in [0.29, 0.717) is 28.6 Å². The largest absolute Gasteiger partial charge is 0.454 e. The molecule has 2 N–H and O–H groups in total. The van der Waals surface area contributed by atoms with Gasteiger partial charge in [-0.15, -0.1) is 0 Å². The summed E-state index contributed by atoms with van der Waals surface area (Å²) in [7, 11) is 0. The van der Waals surface area contributed by atoms with E-state index in [1.54, 1.807) is 32.0 Å². The molecule has 1 fully saturated rings. The number of anilines is 1. The number of amides is 4. The zero-order valence-corrected chi connectivity index (χ0v) is 17.8. The van der Waals surface area contributed by atoms with Crippen LogP contribution in [0.25, 0.3) is 0 Å². The van der Waals surface area contributed by atoms with Crippen molar-refractivity contribution in [2.24, 2.45) is 5.92 Å². The number of imide groups is 1. The smallest absolute Gasteiger partial charge is 0.326 e. The number of carbonyl (C=O) groups excluding carboxylic acids is 4. The number of carbonyl (C=O) groups is 4. The number of rotatable bonds is 8. The predicted octanol–water partition coefficient (Wildman–Crippen LogP) is 2.88. The lowest BCUT2D eigenvalue weighted by Gasteiger charge is -2.22. The van der Waals surface area contributed by atoms with Crippen molar-refractivity contribution in [3.63, 3.8) is 0 Å². The van der Waals surface area contributed by atoms with Crippen molar-refractivity contribution in [2.45, 2.75) is 46.1 Å². The molecule has 0 aliphatic carbocycles. The molecule has 1 atom stereocenters. The molecule has 1 heterocycles. The van der Waals surface area contributed by atoms with E-state index in [0.717, 1.165) is 11.3 Å². The summed E-state index contributed by atoms with van der Waals surface area (Å²) in [6.45, 7) is 6.34. The molecule has 158 valence electrons. The van der Waals surface area contributed by atoms with Crippen LogP contribution >= 0.6 is 11.6 Å². The van der Waals surface area contributed by atoms with Crippen molar-refractivity contribution in [2.75, 3.05) is 18.5 Å². The van der Waals surface area contributed by atoms with Crippen LogP contribution in [0.2, 0.25) is 5.02 Å². The van der Waals surface area contributed by atoms with Crippen LogP contribution < -0.4 is 10.6 Å². The second kappa shape index (κ2) is 9.26. The molecule has 1 aliphatic heterocycles. The topological polar surface area (TPSA) is 105 Å². The molecule has 1 saturated heterocycles. The van der Waals surface area contributed by atoms with Crippen molar-refractivity contribution in [3.05, 3.63) is 28.8 Å². The fourth-order valence-corrected chi connectivity index (χ4v) is 3.06. The van der Waals surface area contributed by atoms with Crippen molar-refractivity contribution >= 4 is 41.1 Å². The highest BCUT2D eigenvalue weighted by Gasteiger charge is 2.48. The molecule has 2 rings (SSSR count). The SMILES string of the molecule is Cc1c(Cl)cccc1NC(=O)COC(=O)CN1C(=O)N[C@](C)(CCC(C)C)C1=O. The second-order valence-corrected chi connectivity index (χ2v) is 8.11. The molecule has 0 radical (unpaired) electrons. The van der Waals surface area contributed by atoms with Crippen LogP contribution in [0.4, 0.5) is 10.5 Å². The fourth-order valence-electron chi connectivity index (χ4n) is 2.89. The summed E-state index contributed by atoms with van der Waals surface area (Å²) in [4.78, 5) is 49.6. The average molecular weight is 424 g/mol. The van der Waals surface area contributed by atoms with Crippen LogP contribution in [0.15, 0.2) is 18.2 Å². The van der Waals surface area contributed by atoms with Crippen LogP contribution in [0.3, 0.4) is 0 Å². The highest BCUT2D eigenvalue weighted by Crippen LogP contribution is 2.25. The van der Waals surface area contributed by atoms with Gasteiger partial charge in [0.15, 0.2) is 6.61 Å². The molecule has 0 spiro atoms. The van der Waals surface area contributed by atoms with Gasteiger partial charge < -0.3 is 15.4 Å². The van der Waals surface area contributed by atoms with Gasteiger partial charge in [0.1, 0.15) is 12.1 Å². The number of urea groups is 1. The molecular weight excluding hydrogens is 398 g/mol. The molecule has 4 amide bonds. The molecule has 0 aromatic heterocycles. The number of hydrogen-bond donors (Lipinski definition) is 2. The van der Waals surface area contributed by atoms with Crippen molar-refractivity contribution in [1.29, 1.82) is 0 Å². The number of nitrogens with zero attached hydrogens (tertiary/aromatic N) is 1. The van der Waals surface area contributed by atoms with Gasteiger partial charge in [-0.2, -0.15) is 0 Å². The fraction of sp³-hybridized carbons (Fsp3) is 0.500. The van der Waals surface area contributed by atoms with Crippen molar-refractivity contribution < 1.29 is 23.9 Å². The minimum atomic E-state index is -1.04. The Kier molecular flexibility index (Phi) is 7.24. The molecule has 1 aromatic rings. The first-order chi connectivity index (χ1) is 13.5. The highest BCUT2D eigenvalue weighted by molar-refractivity contribution is 6.31. The Morgan fingerprint density at radius 2 is 2.00 bits per heavy atom. The lowest BCUT2D eigenvalue weighted by Crippen LogP contribution is -2.44. The molecule has 1 aliphatic rings. The normalized spacial score (nSPS) is 18.8. The lowest BCUT2D eigenvalue weighted by molar-refractivity contribution is -0.150. The Balaban J connectivity index is 1.87. The minimum Gasteiger partial charge on any atom is -0.454 e. The first-order valence-electron chi connectivity index (χ1n) is 9.38. The Morgan fingerprint density at radius 1 is 1.31 bits per heavy atom. The van der Waals surface area contributed by atoms with Gasteiger partial charge in [0.25, 0.3) is 11.8 Å². The summed E-state index contributed by atoms with van der Waals surface area (Å²) in [5.74, 6) is -1.50. The summed E-state index contributed by atoms with van der Waals surface area (Å²) in [5.41, 5.74) is 0.158. The lowest BCUT2D eigenvalue weighted by atomic mass is 9.92. The van der Waals surface area contributed by atoms with Crippen molar-refractivity contribution in [3.8, 4) is 0 Å². The number of hydrogen-bond acceptors (Lipinski definition) is 5. The van der Waals surface area contributed by atoms with Crippen LogP contribution in [0.5, 0.6) is 0 Å². The number of esters is 1. The van der Waals surface area contributed by atoms with Crippen molar-refractivity contribution in [1.82, 2.24) is 10.2 Å². The molecule has 29 heavy (non-hydrogen) atoms. The average Bonchev–Trinajstić information content (AvgIpc) is 2.86. The summed E-state index contributed by atoms with van der Waals surface area (Å²) >= 11 is 6.00. The third-order valence-corrected chi connectivity index (χ3v) is 5.17. The van der Waals surface area contributed by atoms with Gasteiger partial charge in [-0.3, -0.25) is 19.3 Å². The predicted molar refractivity (Wildman–Crippen MR) is 108 cm³/mol. The molecule has 0 saturated carbocycles. The summed E-state index contributed by atoms with van der Waals surface area (Å²) in [5, 5.41) is 5.73. The quantitative estimate of drug-likeness (QED) is 0.494. The van der Waals surface area contributed by atoms with Crippen LogP contribution in [0.1, 0.15) is 39.2 Å². The number of ether oxygens (including phenoxy) is 1. The van der Waals surface area contributed by atoms with Gasteiger partial charge in [0, 0.05) is 10.7 Å². The number of nitrogens with one attached hydrogen (secondary N) is 2. The van der Waals surface area contributed by atoms with Gasteiger partial charge in [0.05, 0.1) is 0 Å². The third kappa shape index (κ3) is 5.69. The summed E-state index contributed by atoms with van der Waals surface area (Å²) in [6.07, 6.45) is 1.23. The first kappa shape index (κ1) is 22.7. The van der Waals surface area contributed by atoms with E-state index in [4.69, 9.17) is 16.3 Å². The van der Waals surface area contributed by atoms with Gasteiger partial charge >= 0.3 is 12.0 Å². The van der Waals surface area contributed by atoms with Gasteiger partial charge in [-0.05, 0) is 50.3 Å². The second-order valence-electron chi connectivity index (χ2n) is 7.71. The minimum absolute atomic E-state index is 0.372. The highest BCUT2D eigenvalue weighted by atomic mass is 35.5. The van der Waals surface area contributed by atoms with Gasteiger partial charge in [-0.1, -0.05) is 31.5 Å². The third-order valence-electron chi connectivity index (χ3n) is 4.76. The van der Waals surface area contributed by atoms with E-state index < -0.39 is 42.5 Å². The van der Waals surface area contributed by atoms with Crippen LogP contribution in [-0.4, -0.2) is 47.4 Å². The first-order valence-corrected chi connectivity index (χ1v) is 9.76. The van der Waals surface area contributed by atoms with E-state index in [1.165, 1.54) is 0 Å². The Morgan fingerprint density at radius 3 is 2.66 bits per heavy atom. The zero-order chi connectivity index (χ0) is 21.8. The zero-order valence-electron chi connectivity index (χ0n) is 17.0. The monoisotopic (exact) mass is 423 g/mol.